The number of non-ortho nitro benzene ring substituents is 1. The van der Waals surface area contributed by atoms with Crippen molar-refractivity contribution in [3.8, 4) is 0 Å². The molecule has 0 saturated heterocycles. The third kappa shape index (κ3) is 3.99. The quantitative estimate of drug-likeness (QED) is 0.406. The summed E-state index contributed by atoms with van der Waals surface area (Å²) in [6.45, 7) is 0. The van der Waals surface area contributed by atoms with E-state index in [2.05, 4.69) is 20.5 Å². The second-order valence-corrected chi connectivity index (χ2v) is 6.46. The van der Waals surface area contributed by atoms with E-state index < -0.39 is 4.92 Å². The van der Waals surface area contributed by atoms with E-state index in [1.165, 1.54) is 35.2 Å². The molecule has 0 aliphatic rings. The van der Waals surface area contributed by atoms with Gasteiger partial charge in [-0.25, -0.2) is 4.98 Å². The van der Waals surface area contributed by atoms with Crippen molar-refractivity contribution >= 4 is 62.4 Å². The summed E-state index contributed by atoms with van der Waals surface area (Å²) in [6, 6.07) is 4.39. The van der Waals surface area contributed by atoms with E-state index in [4.69, 9.17) is 0 Å². The summed E-state index contributed by atoms with van der Waals surface area (Å²) >= 11 is 2.45. The predicted molar refractivity (Wildman–Crippen MR) is 93.9 cm³/mol. The van der Waals surface area contributed by atoms with Crippen LogP contribution in [0.5, 0.6) is 0 Å². The minimum absolute atomic E-state index is 0. The summed E-state index contributed by atoms with van der Waals surface area (Å²) in [5, 5.41) is 22.1. The molecule has 9 nitrogen and oxygen atoms in total. The highest BCUT2D eigenvalue weighted by molar-refractivity contribution is 7.99. The maximum atomic E-state index is 11.9. The first-order valence-electron chi connectivity index (χ1n) is 6.34. The molecule has 0 radical (unpaired) electrons. The molecule has 0 atom stereocenters. The Morgan fingerprint density at radius 2 is 2.29 bits per heavy atom. The number of nitrogens with zero attached hydrogens (tertiary/aromatic N) is 5. The lowest BCUT2D eigenvalue weighted by atomic mass is 10.3. The van der Waals surface area contributed by atoms with Crippen molar-refractivity contribution in [2.24, 2.45) is 7.05 Å². The zero-order valence-corrected chi connectivity index (χ0v) is 14.7. The Morgan fingerprint density at radius 3 is 2.96 bits per heavy atom. The summed E-state index contributed by atoms with van der Waals surface area (Å²) in [6.07, 6.45) is 1.56. The number of rotatable bonds is 5. The molecule has 0 aliphatic heterocycles. The second kappa shape index (κ2) is 7.55. The Bertz CT molecular complexity index is 896. The van der Waals surface area contributed by atoms with Crippen molar-refractivity contribution in [1.29, 1.82) is 0 Å². The number of aromatic nitrogens is 4. The summed E-state index contributed by atoms with van der Waals surface area (Å²) in [5.41, 5.74) is 0.605. The monoisotopic (exact) mass is 386 g/mol. The van der Waals surface area contributed by atoms with Crippen LogP contribution in [-0.4, -0.2) is 36.3 Å². The number of carbonyl (C=O) groups excluding carboxylic acids is 1. The topological polar surface area (TPSA) is 116 Å². The Kier molecular flexibility index (Phi) is 5.70. The molecule has 0 unspecified atom stereocenters. The first-order chi connectivity index (χ1) is 11.0. The average molecular weight is 387 g/mol. The lowest BCUT2D eigenvalue weighted by molar-refractivity contribution is -0.384. The summed E-state index contributed by atoms with van der Waals surface area (Å²) in [7, 11) is 1.79. The van der Waals surface area contributed by atoms with Crippen LogP contribution in [0.15, 0.2) is 29.7 Å². The number of fused-ring (bicyclic) bond motifs is 1. The van der Waals surface area contributed by atoms with Crippen molar-refractivity contribution in [1.82, 2.24) is 19.7 Å². The minimum Gasteiger partial charge on any atom is -0.312 e. The number of anilines is 1. The van der Waals surface area contributed by atoms with Crippen molar-refractivity contribution in [2.75, 3.05) is 11.1 Å². The minimum atomic E-state index is -0.463. The van der Waals surface area contributed by atoms with Gasteiger partial charge >= 0.3 is 0 Å². The number of nitro benzene ring substituents is 1. The van der Waals surface area contributed by atoms with Gasteiger partial charge in [-0.05, 0) is 6.07 Å². The molecule has 0 bridgehead atoms. The van der Waals surface area contributed by atoms with Crippen molar-refractivity contribution in [3.05, 3.63) is 34.6 Å². The Morgan fingerprint density at radius 1 is 1.50 bits per heavy atom. The zero-order valence-electron chi connectivity index (χ0n) is 12.2. The van der Waals surface area contributed by atoms with Crippen molar-refractivity contribution < 1.29 is 9.72 Å². The highest BCUT2D eigenvalue weighted by Gasteiger charge is 2.13. The maximum Gasteiger partial charge on any atom is 0.270 e. The van der Waals surface area contributed by atoms with Gasteiger partial charge in [-0.2, -0.15) is 0 Å². The van der Waals surface area contributed by atoms with Gasteiger partial charge in [0.25, 0.3) is 5.69 Å². The van der Waals surface area contributed by atoms with Crippen LogP contribution in [0.2, 0.25) is 0 Å². The molecule has 0 aliphatic carbocycles. The number of amides is 1. The van der Waals surface area contributed by atoms with Gasteiger partial charge in [0.2, 0.25) is 5.91 Å². The summed E-state index contributed by atoms with van der Waals surface area (Å²) in [4.78, 5) is 26.5. The fraction of sp³-hybridized carbons (Fsp3) is 0.167. The smallest absolute Gasteiger partial charge is 0.270 e. The fourth-order valence-electron chi connectivity index (χ4n) is 1.77. The normalized spacial score (nSPS) is 10.4. The highest BCUT2D eigenvalue weighted by Crippen LogP contribution is 2.29. The van der Waals surface area contributed by atoms with Gasteiger partial charge in [-0.1, -0.05) is 23.1 Å². The van der Waals surface area contributed by atoms with E-state index in [0.29, 0.717) is 20.5 Å². The Balaban J connectivity index is 0.00000208. The van der Waals surface area contributed by atoms with Crippen molar-refractivity contribution in [2.45, 2.75) is 5.16 Å². The van der Waals surface area contributed by atoms with E-state index >= 15 is 0 Å². The third-order valence-electron chi connectivity index (χ3n) is 2.83. The molecule has 0 fully saturated rings. The first-order valence-corrected chi connectivity index (χ1v) is 8.15. The molecule has 24 heavy (non-hydrogen) atoms. The number of nitrogens with one attached hydrogen (secondary N) is 1. The maximum absolute atomic E-state index is 11.9. The van der Waals surface area contributed by atoms with E-state index in [1.54, 1.807) is 24.0 Å². The molecule has 1 amide bonds. The molecule has 126 valence electrons. The number of carbonyl (C=O) groups is 1. The number of halogens is 1. The van der Waals surface area contributed by atoms with Gasteiger partial charge in [-0.15, -0.1) is 22.6 Å². The lowest BCUT2D eigenvalue weighted by Gasteiger charge is -2.00. The Labute approximate surface area is 150 Å². The van der Waals surface area contributed by atoms with Gasteiger partial charge < -0.3 is 9.88 Å². The lowest BCUT2D eigenvalue weighted by Crippen LogP contribution is -2.14. The Hall–Kier alpha value is -2.24. The van der Waals surface area contributed by atoms with Crippen LogP contribution in [0.3, 0.4) is 0 Å². The molecule has 3 aromatic rings. The molecule has 2 heterocycles. The number of aryl methyl sites for hydroxylation is 1. The molecule has 12 heteroatoms. The molecule has 0 spiro atoms. The van der Waals surface area contributed by atoms with Crippen LogP contribution in [0.4, 0.5) is 10.8 Å². The first kappa shape index (κ1) is 18.1. The van der Waals surface area contributed by atoms with Gasteiger partial charge in [0.1, 0.15) is 6.33 Å². The van der Waals surface area contributed by atoms with Gasteiger partial charge in [0.05, 0.1) is 20.9 Å². The average Bonchev–Trinajstić information content (AvgIpc) is 3.09. The van der Waals surface area contributed by atoms with Crippen molar-refractivity contribution in [3.63, 3.8) is 0 Å². The molecule has 1 N–H and O–H groups in total. The van der Waals surface area contributed by atoms with E-state index in [0.717, 1.165) is 0 Å². The number of nitro groups is 1. The van der Waals surface area contributed by atoms with Gasteiger partial charge in [-0.3, -0.25) is 14.9 Å². The van der Waals surface area contributed by atoms with Crippen LogP contribution in [-0.2, 0) is 11.8 Å². The molecule has 0 saturated carbocycles. The number of thioether (sulfide) groups is 1. The molecule has 2 aromatic heterocycles. The number of hydrogen-bond donors (Lipinski definition) is 1. The van der Waals surface area contributed by atoms with Crippen LogP contribution >= 0.6 is 35.5 Å². The highest BCUT2D eigenvalue weighted by atomic mass is 35.5. The summed E-state index contributed by atoms with van der Waals surface area (Å²) in [5.74, 6) is -0.0608. The largest absolute Gasteiger partial charge is 0.312 e. The van der Waals surface area contributed by atoms with E-state index in [1.807, 2.05) is 0 Å². The second-order valence-electron chi connectivity index (χ2n) is 4.49. The van der Waals surface area contributed by atoms with Gasteiger partial charge in [0, 0.05) is 19.2 Å². The molecule has 1 aromatic carbocycles. The standard InChI is InChI=1S/C12H10N6O3S2.ClH/c1-17-6-13-16-12(17)22-5-10(19)15-11-14-8-3-2-7(18(20)21)4-9(8)23-11;/h2-4,6H,5H2,1H3,(H,14,15,19);1H. The third-order valence-corrected chi connectivity index (χ3v) is 4.80. The van der Waals surface area contributed by atoms with Crippen LogP contribution < -0.4 is 5.32 Å². The van der Waals surface area contributed by atoms with Crippen LogP contribution in [0.25, 0.3) is 10.2 Å². The number of benzene rings is 1. The predicted octanol–water partition coefficient (Wildman–Crippen LogP) is 2.49. The van der Waals surface area contributed by atoms with E-state index in [9.17, 15) is 14.9 Å². The van der Waals surface area contributed by atoms with Crippen LogP contribution in [0.1, 0.15) is 0 Å². The molecular weight excluding hydrogens is 376 g/mol. The SMILES string of the molecule is Cl.Cn1cnnc1SCC(=O)Nc1nc2ccc([N+](=O)[O-])cc2s1. The van der Waals surface area contributed by atoms with Gasteiger partial charge in [0.15, 0.2) is 10.3 Å². The zero-order chi connectivity index (χ0) is 16.4. The van der Waals surface area contributed by atoms with Crippen LogP contribution in [0, 0.1) is 10.1 Å². The fourth-order valence-corrected chi connectivity index (χ4v) is 3.37. The molecule has 3 rings (SSSR count). The number of hydrogen-bond acceptors (Lipinski definition) is 8. The summed E-state index contributed by atoms with van der Waals surface area (Å²) < 4.78 is 2.37. The molecular formula is C12H11ClN6O3S2. The number of thiazole rings is 1. The van der Waals surface area contributed by atoms with E-state index in [-0.39, 0.29) is 29.8 Å².